The van der Waals surface area contributed by atoms with Gasteiger partial charge in [0.15, 0.2) is 0 Å². The number of hydrogen-bond acceptors (Lipinski definition) is 4. The van der Waals surface area contributed by atoms with Crippen LogP contribution in [0, 0.1) is 12.8 Å². The highest BCUT2D eigenvalue weighted by atomic mass is 32.2. The minimum Gasteiger partial charge on any atom is -0.347 e. The van der Waals surface area contributed by atoms with Gasteiger partial charge in [0.25, 0.3) is 5.91 Å². The molecular formula is C12H18N2O3S2. The van der Waals surface area contributed by atoms with Crippen LogP contribution in [-0.2, 0) is 10.0 Å². The van der Waals surface area contributed by atoms with E-state index in [0.717, 1.165) is 24.2 Å². The molecule has 1 aliphatic carbocycles. The van der Waals surface area contributed by atoms with Gasteiger partial charge in [-0.3, -0.25) is 4.79 Å². The predicted octanol–water partition coefficient (Wildman–Crippen LogP) is 1.62. The van der Waals surface area contributed by atoms with Crippen molar-refractivity contribution in [2.24, 2.45) is 11.1 Å². The number of hydrogen-bond donors (Lipinski definition) is 2. The number of primary sulfonamides is 1. The molecular weight excluding hydrogens is 284 g/mol. The van der Waals surface area contributed by atoms with Gasteiger partial charge in [0, 0.05) is 10.9 Å². The fraction of sp³-hybridized carbons (Fsp3) is 0.583. The van der Waals surface area contributed by atoms with Crippen LogP contribution in [0.1, 0.15) is 42.6 Å². The van der Waals surface area contributed by atoms with Crippen LogP contribution in [-0.4, -0.2) is 19.9 Å². The van der Waals surface area contributed by atoms with E-state index in [2.05, 4.69) is 5.32 Å². The lowest BCUT2D eigenvalue weighted by Crippen LogP contribution is -2.45. The molecule has 0 aromatic carbocycles. The van der Waals surface area contributed by atoms with Crippen molar-refractivity contribution < 1.29 is 13.2 Å². The molecule has 1 fully saturated rings. The average molecular weight is 302 g/mol. The molecule has 3 N–H and O–H groups in total. The van der Waals surface area contributed by atoms with Crippen LogP contribution in [0.3, 0.4) is 0 Å². The fourth-order valence-corrected chi connectivity index (χ4v) is 4.18. The van der Waals surface area contributed by atoms with Crippen molar-refractivity contribution in [3.05, 3.63) is 16.5 Å². The van der Waals surface area contributed by atoms with Gasteiger partial charge >= 0.3 is 0 Å². The van der Waals surface area contributed by atoms with Gasteiger partial charge in [-0.15, -0.1) is 11.3 Å². The molecule has 1 aromatic rings. The topological polar surface area (TPSA) is 89.3 Å². The van der Waals surface area contributed by atoms with Gasteiger partial charge in [0.1, 0.15) is 4.21 Å². The number of carbonyl (C=O) groups is 1. The molecule has 106 valence electrons. The van der Waals surface area contributed by atoms with E-state index < -0.39 is 10.0 Å². The third-order valence-corrected chi connectivity index (χ3v) is 6.21. The summed E-state index contributed by atoms with van der Waals surface area (Å²) in [5.74, 6) is 0.272. The third-order valence-electron chi connectivity index (χ3n) is 3.53. The number of thiophene rings is 1. The van der Waals surface area contributed by atoms with Crippen molar-refractivity contribution in [2.75, 3.05) is 0 Å². The van der Waals surface area contributed by atoms with E-state index in [1.54, 1.807) is 12.3 Å². The van der Waals surface area contributed by atoms with E-state index >= 15 is 0 Å². The van der Waals surface area contributed by atoms with Crippen molar-refractivity contribution in [2.45, 2.75) is 43.4 Å². The Morgan fingerprint density at radius 3 is 2.47 bits per heavy atom. The Balaban J connectivity index is 2.23. The molecule has 5 nitrogen and oxygen atoms in total. The maximum Gasteiger partial charge on any atom is 0.252 e. The van der Waals surface area contributed by atoms with E-state index in [1.165, 1.54) is 0 Å². The normalized spacial score (nSPS) is 16.4. The lowest BCUT2D eigenvalue weighted by Gasteiger charge is -2.26. The van der Waals surface area contributed by atoms with Gasteiger partial charge in [-0.2, -0.15) is 0 Å². The molecule has 0 aliphatic heterocycles. The molecule has 0 spiro atoms. The van der Waals surface area contributed by atoms with E-state index in [9.17, 15) is 13.2 Å². The highest BCUT2D eigenvalue weighted by Gasteiger charge is 2.39. The molecule has 1 saturated carbocycles. The highest BCUT2D eigenvalue weighted by molar-refractivity contribution is 7.91. The fourth-order valence-electron chi connectivity index (χ4n) is 2.17. The summed E-state index contributed by atoms with van der Waals surface area (Å²) in [5, 5.41) is 9.63. The maximum absolute atomic E-state index is 12.2. The molecule has 2 rings (SSSR count). The lowest BCUT2D eigenvalue weighted by atomic mass is 9.98. The summed E-state index contributed by atoms with van der Waals surface area (Å²) < 4.78 is 22.8. The van der Waals surface area contributed by atoms with Crippen LogP contribution in [0.2, 0.25) is 0 Å². The Labute approximate surface area is 117 Å². The Kier molecular flexibility index (Phi) is 3.49. The van der Waals surface area contributed by atoms with Gasteiger partial charge in [-0.25, -0.2) is 13.6 Å². The van der Waals surface area contributed by atoms with Crippen LogP contribution >= 0.6 is 11.3 Å². The highest BCUT2D eigenvalue weighted by Crippen LogP contribution is 2.39. The van der Waals surface area contributed by atoms with Gasteiger partial charge in [0.05, 0.1) is 5.56 Å². The van der Waals surface area contributed by atoms with Crippen LogP contribution in [0.25, 0.3) is 0 Å². The summed E-state index contributed by atoms with van der Waals surface area (Å²) in [6, 6.07) is 0. The standard InChI is InChI=1S/C12H18N2O3S2/c1-7-9(6-18-11(7)19(13,16)17)10(15)14-12(2,3)8-4-5-8/h6,8H,4-5H2,1-3H3,(H,14,15)(H2,13,16,17). The van der Waals surface area contributed by atoms with Gasteiger partial charge in [0.2, 0.25) is 10.0 Å². The zero-order valence-corrected chi connectivity index (χ0v) is 12.8. The molecule has 1 amide bonds. The number of rotatable bonds is 4. The summed E-state index contributed by atoms with van der Waals surface area (Å²) in [6.45, 7) is 5.59. The first kappa shape index (κ1) is 14.5. The Morgan fingerprint density at radius 2 is 2.05 bits per heavy atom. The molecule has 19 heavy (non-hydrogen) atoms. The molecule has 0 atom stereocenters. The molecule has 0 bridgehead atoms. The third kappa shape index (κ3) is 2.98. The van der Waals surface area contributed by atoms with Crippen LogP contribution < -0.4 is 10.5 Å². The Morgan fingerprint density at radius 1 is 1.47 bits per heavy atom. The van der Waals surface area contributed by atoms with Crippen LogP contribution in [0.4, 0.5) is 0 Å². The first-order chi connectivity index (χ1) is 8.63. The zero-order chi connectivity index (χ0) is 14.4. The minimum absolute atomic E-state index is 0.0573. The van der Waals surface area contributed by atoms with E-state index in [0.29, 0.717) is 17.0 Å². The first-order valence-electron chi connectivity index (χ1n) is 6.06. The average Bonchev–Trinajstić information content (AvgIpc) is 3.00. The van der Waals surface area contributed by atoms with E-state index in [4.69, 9.17) is 5.14 Å². The number of nitrogens with one attached hydrogen (secondary N) is 1. The quantitative estimate of drug-likeness (QED) is 0.885. The van der Waals surface area contributed by atoms with E-state index in [1.807, 2.05) is 13.8 Å². The second-order valence-electron chi connectivity index (χ2n) is 5.56. The summed E-state index contributed by atoms with van der Waals surface area (Å²) in [6.07, 6.45) is 2.25. The summed E-state index contributed by atoms with van der Waals surface area (Å²) in [5.41, 5.74) is 0.562. The summed E-state index contributed by atoms with van der Waals surface area (Å²) >= 11 is 0.988. The molecule has 1 aromatic heterocycles. The van der Waals surface area contributed by atoms with Gasteiger partial charge < -0.3 is 5.32 Å². The molecule has 0 saturated heterocycles. The molecule has 1 heterocycles. The lowest BCUT2D eigenvalue weighted by molar-refractivity contribution is 0.0903. The molecule has 0 radical (unpaired) electrons. The largest absolute Gasteiger partial charge is 0.347 e. The SMILES string of the molecule is Cc1c(C(=O)NC(C)(C)C2CC2)csc1S(N)(=O)=O. The van der Waals surface area contributed by atoms with Gasteiger partial charge in [-0.05, 0) is 45.1 Å². The first-order valence-corrected chi connectivity index (χ1v) is 8.49. The minimum atomic E-state index is -3.76. The van der Waals surface area contributed by atoms with Crippen molar-refractivity contribution in [3.63, 3.8) is 0 Å². The van der Waals surface area contributed by atoms with E-state index in [-0.39, 0.29) is 15.7 Å². The van der Waals surface area contributed by atoms with Crippen molar-refractivity contribution in [3.8, 4) is 0 Å². The predicted molar refractivity (Wildman–Crippen MR) is 74.7 cm³/mol. The van der Waals surface area contributed by atoms with Crippen molar-refractivity contribution in [1.29, 1.82) is 0 Å². The number of nitrogens with two attached hydrogens (primary N) is 1. The smallest absolute Gasteiger partial charge is 0.252 e. The molecule has 7 heteroatoms. The Hall–Kier alpha value is -0.920. The Bertz CT molecular complexity index is 613. The van der Waals surface area contributed by atoms with Crippen molar-refractivity contribution in [1.82, 2.24) is 5.32 Å². The second-order valence-corrected chi connectivity index (χ2v) is 8.19. The number of carbonyl (C=O) groups excluding carboxylic acids is 1. The van der Waals surface area contributed by atoms with Crippen LogP contribution in [0.5, 0.6) is 0 Å². The summed E-state index contributed by atoms with van der Waals surface area (Å²) in [4.78, 5) is 12.2. The van der Waals surface area contributed by atoms with Gasteiger partial charge in [-0.1, -0.05) is 0 Å². The summed E-state index contributed by atoms with van der Waals surface area (Å²) in [7, 11) is -3.76. The van der Waals surface area contributed by atoms with Crippen molar-refractivity contribution >= 4 is 27.3 Å². The number of amides is 1. The van der Waals surface area contributed by atoms with Crippen LogP contribution in [0.15, 0.2) is 9.59 Å². The molecule has 0 unspecified atom stereocenters. The zero-order valence-electron chi connectivity index (χ0n) is 11.2. The maximum atomic E-state index is 12.2. The monoisotopic (exact) mass is 302 g/mol. The second kappa shape index (κ2) is 4.57. The number of sulfonamides is 1. The molecule has 1 aliphatic rings.